The molecule has 0 radical (unpaired) electrons. The molecule has 4 N–H and O–H groups in total. The van der Waals surface area contributed by atoms with E-state index in [0.29, 0.717) is 0 Å². The van der Waals surface area contributed by atoms with Crippen LogP contribution in [0, 0.1) is 0 Å². The number of aromatic hydroxyl groups is 1. The predicted molar refractivity (Wildman–Crippen MR) is 73.3 cm³/mol. The summed E-state index contributed by atoms with van der Waals surface area (Å²) in [6.45, 7) is 3.29. The quantitative estimate of drug-likeness (QED) is 0.477. The zero-order chi connectivity index (χ0) is 16.0. The summed E-state index contributed by atoms with van der Waals surface area (Å²) in [5.41, 5.74) is -0.0908. The van der Waals surface area contributed by atoms with Gasteiger partial charge in [-0.05, 0) is 32.0 Å². The zero-order valence-corrected chi connectivity index (χ0v) is 11.5. The number of carbonyl (C=O) groups excluding carboxylic acids is 2. The van der Waals surface area contributed by atoms with Gasteiger partial charge in [-0.3, -0.25) is 0 Å². The topological polar surface area (TPSA) is 125 Å². The first kappa shape index (κ1) is 16.3. The maximum Gasteiger partial charge on any atom is 0.335 e. The lowest BCUT2D eigenvalue weighted by atomic mass is 10.2. The molecule has 0 aliphatic rings. The summed E-state index contributed by atoms with van der Waals surface area (Å²) in [5, 5.41) is 23.0. The van der Waals surface area contributed by atoms with Crippen molar-refractivity contribution in [1.82, 2.24) is 5.32 Å². The normalized spacial score (nSPS) is 11.3. The minimum atomic E-state index is -1.20. The van der Waals surface area contributed by atoms with Crippen molar-refractivity contribution in [2.45, 2.75) is 19.9 Å². The van der Waals surface area contributed by atoms with Gasteiger partial charge in [0.15, 0.2) is 0 Å². The number of nitrogens with one attached hydrogen (secondary N) is 2. The molecule has 2 amide bonds. The average Bonchev–Trinajstić information content (AvgIpc) is 2.40. The van der Waals surface area contributed by atoms with Crippen LogP contribution in [0.3, 0.4) is 0 Å². The Morgan fingerprint density at radius 1 is 1.33 bits per heavy atom. The highest BCUT2D eigenvalue weighted by Crippen LogP contribution is 2.24. The number of aromatic carboxylic acids is 1. The van der Waals surface area contributed by atoms with Gasteiger partial charge in [0.1, 0.15) is 11.8 Å². The Morgan fingerprint density at radius 2 is 2.00 bits per heavy atom. The Morgan fingerprint density at radius 3 is 2.52 bits per heavy atom. The van der Waals surface area contributed by atoms with Crippen LogP contribution < -0.4 is 10.6 Å². The molecule has 0 heterocycles. The van der Waals surface area contributed by atoms with E-state index in [0.717, 1.165) is 6.07 Å². The van der Waals surface area contributed by atoms with Gasteiger partial charge in [0.25, 0.3) is 0 Å². The van der Waals surface area contributed by atoms with E-state index in [-0.39, 0.29) is 17.9 Å². The van der Waals surface area contributed by atoms with Gasteiger partial charge in [0, 0.05) is 0 Å². The van der Waals surface area contributed by atoms with Crippen LogP contribution >= 0.6 is 0 Å². The van der Waals surface area contributed by atoms with Gasteiger partial charge >= 0.3 is 18.0 Å². The number of ether oxygens (including phenoxy) is 1. The van der Waals surface area contributed by atoms with Gasteiger partial charge in [-0.2, -0.15) is 0 Å². The first-order chi connectivity index (χ1) is 9.85. The number of carboxylic acids is 1. The minimum Gasteiger partial charge on any atom is -0.506 e. The number of rotatable bonds is 5. The summed E-state index contributed by atoms with van der Waals surface area (Å²) < 4.78 is 4.72. The Balaban J connectivity index is 2.67. The highest BCUT2D eigenvalue weighted by atomic mass is 16.5. The lowest BCUT2D eigenvalue weighted by Gasteiger charge is -2.14. The average molecular weight is 296 g/mol. The Hall–Kier alpha value is -2.77. The Kier molecular flexibility index (Phi) is 5.53. The van der Waals surface area contributed by atoms with E-state index in [9.17, 15) is 19.5 Å². The van der Waals surface area contributed by atoms with Crippen molar-refractivity contribution in [3.8, 4) is 5.75 Å². The van der Waals surface area contributed by atoms with Crippen LogP contribution in [0.1, 0.15) is 24.2 Å². The minimum absolute atomic E-state index is 0.0218. The molecule has 0 aliphatic carbocycles. The molecule has 1 aromatic rings. The highest BCUT2D eigenvalue weighted by molar-refractivity contribution is 5.95. The summed E-state index contributed by atoms with van der Waals surface area (Å²) in [4.78, 5) is 33.7. The van der Waals surface area contributed by atoms with Crippen LogP contribution in [-0.4, -0.2) is 40.8 Å². The second kappa shape index (κ2) is 7.13. The van der Waals surface area contributed by atoms with E-state index < -0.39 is 29.8 Å². The highest BCUT2D eigenvalue weighted by Gasteiger charge is 2.17. The van der Waals surface area contributed by atoms with Crippen molar-refractivity contribution in [3.05, 3.63) is 23.8 Å². The van der Waals surface area contributed by atoms with E-state index in [1.54, 1.807) is 6.92 Å². The first-order valence-electron chi connectivity index (χ1n) is 6.15. The Bertz CT molecular complexity index is 558. The Labute approximate surface area is 120 Å². The number of carboxylic acid groups (broad SMARTS) is 1. The number of phenolic OH excluding ortho intramolecular Hbond substituents is 1. The van der Waals surface area contributed by atoms with Gasteiger partial charge in [-0.1, -0.05) is 0 Å². The van der Waals surface area contributed by atoms with Crippen LogP contribution in [0.5, 0.6) is 5.75 Å². The molecule has 0 saturated carbocycles. The van der Waals surface area contributed by atoms with Gasteiger partial charge in [0.2, 0.25) is 0 Å². The lowest BCUT2D eigenvalue weighted by molar-refractivity contribution is -0.144. The van der Waals surface area contributed by atoms with E-state index >= 15 is 0 Å². The molecule has 0 spiro atoms. The van der Waals surface area contributed by atoms with Crippen LogP contribution in [0.4, 0.5) is 10.5 Å². The summed E-state index contributed by atoms with van der Waals surface area (Å²) in [6.07, 6.45) is 0. The number of benzene rings is 1. The SMILES string of the molecule is CCOC(=O)C(C)NC(=O)Nc1ccc(C(=O)O)cc1O. The van der Waals surface area contributed by atoms with E-state index in [2.05, 4.69) is 10.6 Å². The molecule has 8 heteroatoms. The molecule has 8 nitrogen and oxygen atoms in total. The summed E-state index contributed by atoms with van der Waals surface area (Å²) in [7, 11) is 0. The van der Waals surface area contributed by atoms with E-state index in [4.69, 9.17) is 9.84 Å². The fourth-order valence-corrected chi connectivity index (χ4v) is 1.45. The van der Waals surface area contributed by atoms with Crippen LogP contribution in [0.2, 0.25) is 0 Å². The largest absolute Gasteiger partial charge is 0.506 e. The smallest absolute Gasteiger partial charge is 0.335 e. The van der Waals surface area contributed by atoms with Crippen molar-refractivity contribution < 1.29 is 29.3 Å². The number of amides is 2. The molecular weight excluding hydrogens is 280 g/mol. The van der Waals surface area contributed by atoms with Crippen LogP contribution in [-0.2, 0) is 9.53 Å². The van der Waals surface area contributed by atoms with Crippen molar-refractivity contribution in [2.24, 2.45) is 0 Å². The molecule has 0 aromatic heterocycles. The monoisotopic (exact) mass is 296 g/mol. The lowest BCUT2D eigenvalue weighted by Crippen LogP contribution is -2.41. The van der Waals surface area contributed by atoms with E-state index in [1.165, 1.54) is 19.1 Å². The molecular formula is C13H16N2O6. The van der Waals surface area contributed by atoms with Crippen molar-refractivity contribution >= 4 is 23.7 Å². The molecule has 0 aliphatic heterocycles. The van der Waals surface area contributed by atoms with Crippen LogP contribution in [0.15, 0.2) is 18.2 Å². The fourth-order valence-electron chi connectivity index (χ4n) is 1.45. The van der Waals surface area contributed by atoms with Gasteiger partial charge in [-0.25, -0.2) is 14.4 Å². The number of anilines is 1. The fraction of sp³-hybridized carbons (Fsp3) is 0.308. The molecule has 114 valence electrons. The van der Waals surface area contributed by atoms with Gasteiger partial charge < -0.3 is 25.6 Å². The molecule has 1 rings (SSSR count). The third-order valence-electron chi connectivity index (χ3n) is 2.48. The third-order valence-corrected chi connectivity index (χ3v) is 2.48. The van der Waals surface area contributed by atoms with Crippen LogP contribution in [0.25, 0.3) is 0 Å². The number of urea groups is 1. The summed E-state index contributed by atoms with van der Waals surface area (Å²) in [6, 6.07) is 1.89. The predicted octanol–water partition coefficient (Wildman–Crippen LogP) is 1.16. The summed E-state index contributed by atoms with van der Waals surface area (Å²) >= 11 is 0. The van der Waals surface area contributed by atoms with Gasteiger partial charge in [0.05, 0.1) is 17.9 Å². The third kappa shape index (κ3) is 4.68. The first-order valence-corrected chi connectivity index (χ1v) is 6.15. The van der Waals surface area contributed by atoms with Gasteiger partial charge in [-0.15, -0.1) is 0 Å². The van der Waals surface area contributed by atoms with Crippen molar-refractivity contribution in [2.75, 3.05) is 11.9 Å². The molecule has 0 saturated heterocycles. The number of phenols is 1. The molecule has 0 fully saturated rings. The van der Waals surface area contributed by atoms with E-state index in [1.807, 2.05) is 0 Å². The molecule has 1 atom stereocenters. The molecule has 1 aromatic carbocycles. The standard InChI is InChI=1S/C13H16N2O6/c1-3-21-12(19)7(2)14-13(20)15-9-5-4-8(11(17)18)6-10(9)16/h4-7,16H,3H2,1-2H3,(H,17,18)(H2,14,15,20). The number of hydrogen-bond donors (Lipinski definition) is 4. The maximum absolute atomic E-state index is 11.6. The second-order valence-corrected chi connectivity index (χ2v) is 4.11. The van der Waals surface area contributed by atoms with Crippen molar-refractivity contribution in [1.29, 1.82) is 0 Å². The second-order valence-electron chi connectivity index (χ2n) is 4.11. The molecule has 1 unspecified atom stereocenters. The van der Waals surface area contributed by atoms with Crippen molar-refractivity contribution in [3.63, 3.8) is 0 Å². The summed E-state index contributed by atoms with van der Waals surface area (Å²) in [5.74, 6) is -2.18. The zero-order valence-electron chi connectivity index (χ0n) is 11.5. The molecule has 0 bridgehead atoms. The number of hydrogen-bond acceptors (Lipinski definition) is 5. The number of carbonyl (C=O) groups is 3. The number of esters is 1. The molecule has 21 heavy (non-hydrogen) atoms. The maximum atomic E-state index is 11.6.